The van der Waals surface area contributed by atoms with Gasteiger partial charge in [0.2, 0.25) is 11.5 Å². The van der Waals surface area contributed by atoms with E-state index in [1.54, 1.807) is 17.8 Å². The van der Waals surface area contributed by atoms with Crippen molar-refractivity contribution in [3.63, 3.8) is 0 Å². The smallest absolute Gasteiger partial charge is 0.424 e. The molecule has 6 rings (SSSR count). The molecular weight excluding hydrogens is 685 g/mol. The summed E-state index contributed by atoms with van der Waals surface area (Å²) in [6.07, 6.45) is -1.47. The minimum absolute atomic E-state index is 0.0184. The zero-order valence-corrected chi connectivity index (χ0v) is 27.4. The molecule has 0 radical (unpaired) electrons. The van der Waals surface area contributed by atoms with Crippen LogP contribution in [0.1, 0.15) is 54.0 Å². The maximum absolute atomic E-state index is 14.9. The summed E-state index contributed by atoms with van der Waals surface area (Å²) in [6, 6.07) is 6.42. The van der Waals surface area contributed by atoms with E-state index in [2.05, 4.69) is 20.5 Å². The van der Waals surface area contributed by atoms with Crippen LogP contribution in [-0.4, -0.2) is 75.0 Å². The van der Waals surface area contributed by atoms with Crippen molar-refractivity contribution in [2.45, 2.75) is 50.6 Å². The van der Waals surface area contributed by atoms with Crippen molar-refractivity contribution < 1.29 is 50.9 Å². The molecule has 0 saturated heterocycles. The summed E-state index contributed by atoms with van der Waals surface area (Å²) in [4.78, 5) is 29.6. The number of fused-ring (bicyclic) bond motifs is 2. The third-order valence-corrected chi connectivity index (χ3v) is 8.38. The van der Waals surface area contributed by atoms with Crippen molar-refractivity contribution in [3.05, 3.63) is 59.5 Å². The average molecular weight is 718 g/mol. The molecule has 4 N–H and O–H groups in total. The Morgan fingerprint density at radius 2 is 1.69 bits per heavy atom. The molecule has 0 spiro atoms. The van der Waals surface area contributed by atoms with Crippen molar-refractivity contribution in [3.8, 4) is 28.5 Å². The van der Waals surface area contributed by atoms with Crippen LogP contribution in [0.4, 0.5) is 22.0 Å². The van der Waals surface area contributed by atoms with E-state index in [9.17, 15) is 36.6 Å². The fourth-order valence-electron chi connectivity index (χ4n) is 5.71. The number of nitrogens with zero attached hydrogens (tertiary/aromatic N) is 5. The molecule has 2 amide bonds. The number of carbonyl (C=O) groups is 2. The first-order valence-corrected chi connectivity index (χ1v) is 15.6. The molecule has 270 valence electrons. The number of primary amides is 1. The summed E-state index contributed by atoms with van der Waals surface area (Å²) in [7, 11) is 2.61. The Kier molecular flexibility index (Phi) is 9.22. The maximum Gasteiger partial charge on any atom is 0.424 e. The molecule has 3 heterocycles. The summed E-state index contributed by atoms with van der Waals surface area (Å²) in [5.41, 5.74) is 0.608. The highest BCUT2D eigenvalue weighted by atomic mass is 19.4. The van der Waals surface area contributed by atoms with Crippen molar-refractivity contribution in [2.75, 3.05) is 27.4 Å². The van der Waals surface area contributed by atoms with Crippen molar-refractivity contribution in [1.29, 1.82) is 0 Å². The number of nitrogens with one attached hydrogen (secondary N) is 1. The fraction of sp³-hybridized carbons (Fsp3) is 0.364. The molecule has 18 heteroatoms. The van der Waals surface area contributed by atoms with E-state index in [1.165, 1.54) is 38.5 Å². The molecule has 3 aromatic heterocycles. The van der Waals surface area contributed by atoms with Crippen LogP contribution in [0, 0.1) is 0 Å². The molecule has 0 aliphatic heterocycles. The Labute approximate surface area is 286 Å². The first kappa shape index (κ1) is 35.3. The lowest BCUT2D eigenvalue weighted by Gasteiger charge is -2.31. The molecule has 1 atom stereocenters. The van der Waals surface area contributed by atoms with Crippen LogP contribution in [0.25, 0.3) is 33.1 Å². The number of hydrogen-bond acceptors (Lipinski definition) is 9. The largest absolute Gasteiger partial charge is 0.494 e. The lowest BCUT2D eigenvalue weighted by molar-refractivity contribution is -0.265. The molecule has 51 heavy (non-hydrogen) atoms. The summed E-state index contributed by atoms with van der Waals surface area (Å²) in [6.45, 7) is -2.87. The van der Waals surface area contributed by atoms with Gasteiger partial charge in [-0.3, -0.25) is 14.3 Å². The van der Waals surface area contributed by atoms with Gasteiger partial charge in [0.05, 0.1) is 45.5 Å². The Bertz CT molecular complexity index is 2150. The number of methoxy groups -OCH3 is 2. The monoisotopic (exact) mass is 717 g/mol. The van der Waals surface area contributed by atoms with Gasteiger partial charge in [-0.1, -0.05) is 0 Å². The molecule has 5 aromatic rings. The Morgan fingerprint density at radius 1 is 1.02 bits per heavy atom. The molecule has 1 fully saturated rings. The minimum Gasteiger partial charge on any atom is -0.494 e. The highest BCUT2D eigenvalue weighted by Crippen LogP contribution is 2.43. The van der Waals surface area contributed by atoms with Gasteiger partial charge in [-0.25, -0.2) is 9.67 Å². The number of aliphatic hydroxyl groups is 1. The second kappa shape index (κ2) is 13.3. The topological polar surface area (TPSA) is 169 Å². The van der Waals surface area contributed by atoms with E-state index in [-0.39, 0.29) is 63.2 Å². The number of halogens is 5. The van der Waals surface area contributed by atoms with Gasteiger partial charge in [0.15, 0.2) is 0 Å². The lowest BCUT2D eigenvalue weighted by atomic mass is 9.93. The second-order valence-corrected chi connectivity index (χ2v) is 11.9. The van der Waals surface area contributed by atoms with Crippen LogP contribution in [0.3, 0.4) is 0 Å². The van der Waals surface area contributed by atoms with Crippen LogP contribution in [0.15, 0.2) is 42.7 Å². The number of ether oxygens (including phenoxy) is 3. The molecule has 1 aliphatic carbocycles. The van der Waals surface area contributed by atoms with Gasteiger partial charge in [0.1, 0.15) is 34.0 Å². The van der Waals surface area contributed by atoms with E-state index >= 15 is 0 Å². The Morgan fingerprint density at radius 3 is 2.29 bits per heavy atom. The first-order valence-electron chi connectivity index (χ1n) is 15.6. The number of aromatic nitrogens is 5. The third kappa shape index (κ3) is 6.70. The summed E-state index contributed by atoms with van der Waals surface area (Å²) in [5, 5.41) is 22.5. The highest BCUT2D eigenvalue weighted by Gasteiger charge is 2.57. The molecule has 0 bridgehead atoms. The quantitative estimate of drug-likeness (QED) is 0.145. The van der Waals surface area contributed by atoms with E-state index in [0.29, 0.717) is 15.6 Å². The van der Waals surface area contributed by atoms with E-state index < -0.39 is 48.8 Å². The Balaban J connectivity index is 1.44. The number of nitrogens with two attached hydrogens (primary N) is 1. The SMILES string of the molecule is CCOc1c(CC(N)=O)cc([C@@](O)(CNC(=O)c2cc(OC)c3nn(C4CC4)cc3c2)C(F)(F)F)nc1-c1cc(OC)c2nn(C(F)F)cc2c1. The van der Waals surface area contributed by atoms with Crippen molar-refractivity contribution in [2.24, 2.45) is 5.73 Å². The van der Waals surface area contributed by atoms with Crippen molar-refractivity contribution in [1.82, 2.24) is 29.9 Å². The van der Waals surface area contributed by atoms with Gasteiger partial charge in [-0.2, -0.15) is 32.1 Å². The Hall–Kier alpha value is -5.52. The molecule has 13 nitrogen and oxygen atoms in total. The number of pyridine rings is 1. The summed E-state index contributed by atoms with van der Waals surface area (Å²) < 4.78 is 90.4. The second-order valence-electron chi connectivity index (χ2n) is 11.9. The van der Waals surface area contributed by atoms with E-state index in [1.807, 2.05) is 0 Å². The maximum atomic E-state index is 14.9. The first-order chi connectivity index (χ1) is 24.2. The number of alkyl halides is 5. The number of hydrogen-bond donors (Lipinski definition) is 3. The zero-order valence-electron chi connectivity index (χ0n) is 27.4. The van der Waals surface area contributed by atoms with E-state index in [4.69, 9.17) is 19.9 Å². The summed E-state index contributed by atoms with van der Waals surface area (Å²) >= 11 is 0. The number of amides is 2. The van der Waals surface area contributed by atoms with Gasteiger partial charge in [-0.05, 0) is 50.1 Å². The lowest BCUT2D eigenvalue weighted by Crippen LogP contribution is -2.51. The van der Waals surface area contributed by atoms with Gasteiger partial charge in [0, 0.05) is 39.9 Å². The van der Waals surface area contributed by atoms with Crippen LogP contribution in [-0.2, 0) is 16.8 Å². The minimum atomic E-state index is -5.44. The number of benzene rings is 2. The standard InChI is InChI=1S/C33H32F5N7O6/c1-4-51-29-17(12-25(39)46)11-24(41-28(29)16-7-19-14-45(31(34)35)43-27(19)22(9-16)49-2)32(48,33(36,37)38)15-40-30(47)18-8-20-13-44(21-5-6-21)42-26(20)23(10-18)50-3/h7-11,13-14,21,31,48H,4-6,12,15H2,1-3H3,(H2,39,46)(H,40,47)/t32-/m0/s1. The average Bonchev–Trinajstić information content (AvgIpc) is 3.69. The van der Waals surface area contributed by atoms with Crippen LogP contribution in [0.2, 0.25) is 0 Å². The van der Waals surface area contributed by atoms with Gasteiger partial charge >= 0.3 is 12.7 Å². The molecule has 1 aliphatic rings. The van der Waals surface area contributed by atoms with Gasteiger partial charge < -0.3 is 30.4 Å². The molecule has 2 aromatic carbocycles. The molecule has 0 unspecified atom stereocenters. The predicted octanol–water partition coefficient (Wildman–Crippen LogP) is 4.80. The normalized spacial score (nSPS) is 14.5. The summed E-state index contributed by atoms with van der Waals surface area (Å²) in [5.74, 6) is -1.86. The number of carbonyl (C=O) groups excluding carboxylic acids is 2. The van der Waals surface area contributed by atoms with Crippen molar-refractivity contribution >= 4 is 33.6 Å². The fourth-order valence-corrected chi connectivity index (χ4v) is 5.71. The molecular formula is C33H32F5N7O6. The number of rotatable bonds is 13. The third-order valence-electron chi connectivity index (χ3n) is 8.38. The van der Waals surface area contributed by atoms with Crippen LogP contribution >= 0.6 is 0 Å². The molecule has 1 saturated carbocycles. The van der Waals surface area contributed by atoms with Gasteiger partial charge in [-0.15, -0.1) is 0 Å². The predicted molar refractivity (Wildman–Crippen MR) is 172 cm³/mol. The highest BCUT2D eigenvalue weighted by molar-refractivity contribution is 6.00. The van der Waals surface area contributed by atoms with Gasteiger partial charge in [0.25, 0.3) is 5.91 Å². The van der Waals surface area contributed by atoms with E-state index in [0.717, 1.165) is 25.1 Å². The van der Waals surface area contributed by atoms with Crippen LogP contribution < -0.4 is 25.3 Å². The van der Waals surface area contributed by atoms with Crippen LogP contribution in [0.5, 0.6) is 17.2 Å². The zero-order chi connectivity index (χ0) is 36.8.